The normalized spacial score (nSPS) is 17.2. The molecule has 3 nitrogen and oxygen atoms in total. The maximum atomic E-state index is 13.2. The topological polar surface area (TPSA) is 35.5 Å². The average molecular weight is 272 g/mol. The predicted octanol–water partition coefficient (Wildman–Crippen LogP) is 3.53. The fourth-order valence-corrected chi connectivity index (χ4v) is 2.10. The Bertz CT molecular complexity index is 625. The SMILES string of the molecule is O=C1CC(F)Oc2cc(OCc3ccccc3)ccc21. The molecular formula is C16H13FO3. The highest BCUT2D eigenvalue weighted by Gasteiger charge is 2.26. The van der Waals surface area contributed by atoms with Crippen molar-refractivity contribution in [2.45, 2.75) is 19.4 Å². The molecule has 1 atom stereocenters. The molecule has 1 aliphatic rings. The molecule has 0 radical (unpaired) electrons. The molecule has 0 saturated carbocycles. The molecule has 0 spiro atoms. The summed E-state index contributed by atoms with van der Waals surface area (Å²) in [6.45, 7) is 0.409. The zero-order valence-corrected chi connectivity index (χ0v) is 10.7. The van der Waals surface area contributed by atoms with Crippen molar-refractivity contribution in [3.63, 3.8) is 0 Å². The van der Waals surface area contributed by atoms with Crippen LogP contribution >= 0.6 is 0 Å². The highest BCUT2D eigenvalue weighted by Crippen LogP contribution is 2.31. The van der Waals surface area contributed by atoms with E-state index in [9.17, 15) is 9.18 Å². The maximum absolute atomic E-state index is 13.2. The van der Waals surface area contributed by atoms with Crippen molar-refractivity contribution in [2.24, 2.45) is 0 Å². The summed E-state index contributed by atoms with van der Waals surface area (Å²) < 4.78 is 23.9. The molecular weight excluding hydrogens is 259 g/mol. The van der Waals surface area contributed by atoms with E-state index in [2.05, 4.69) is 0 Å². The minimum Gasteiger partial charge on any atom is -0.489 e. The van der Waals surface area contributed by atoms with Gasteiger partial charge in [0, 0.05) is 6.07 Å². The van der Waals surface area contributed by atoms with E-state index in [1.54, 1.807) is 18.2 Å². The van der Waals surface area contributed by atoms with E-state index in [-0.39, 0.29) is 18.0 Å². The summed E-state index contributed by atoms with van der Waals surface area (Å²) in [6, 6.07) is 14.6. The number of ketones is 1. The third-order valence-corrected chi connectivity index (χ3v) is 3.10. The summed E-state index contributed by atoms with van der Waals surface area (Å²) >= 11 is 0. The third kappa shape index (κ3) is 2.64. The Morgan fingerprint density at radius 2 is 2.00 bits per heavy atom. The zero-order chi connectivity index (χ0) is 13.9. The van der Waals surface area contributed by atoms with Gasteiger partial charge in [-0.1, -0.05) is 30.3 Å². The summed E-state index contributed by atoms with van der Waals surface area (Å²) in [5.74, 6) is 0.558. The maximum Gasteiger partial charge on any atom is 0.245 e. The van der Waals surface area contributed by atoms with E-state index in [1.165, 1.54) is 0 Å². The van der Waals surface area contributed by atoms with Gasteiger partial charge < -0.3 is 9.47 Å². The van der Waals surface area contributed by atoms with Crippen LogP contribution in [0.25, 0.3) is 0 Å². The van der Waals surface area contributed by atoms with Crippen LogP contribution < -0.4 is 9.47 Å². The van der Waals surface area contributed by atoms with Crippen molar-refractivity contribution in [1.29, 1.82) is 0 Å². The number of ether oxygens (including phenoxy) is 2. The fraction of sp³-hybridized carbons (Fsp3) is 0.188. The number of halogens is 1. The average Bonchev–Trinajstić information content (AvgIpc) is 2.45. The second kappa shape index (κ2) is 5.33. The Balaban J connectivity index is 1.75. The number of hydrogen-bond donors (Lipinski definition) is 0. The summed E-state index contributed by atoms with van der Waals surface area (Å²) in [6.07, 6.45) is -1.80. The van der Waals surface area contributed by atoms with Gasteiger partial charge in [0.2, 0.25) is 6.36 Å². The fourth-order valence-electron chi connectivity index (χ4n) is 2.10. The highest BCUT2D eigenvalue weighted by molar-refractivity contribution is 5.99. The van der Waals surface area contributed by atoms with E-state index in [0.717, 1.165) is 5.56 Å². The Labute approximate surface area is 115 Å². The van der Waals surface area contributed by atoms with Crippen molar-refractivity contribution in [3.8, 4) is 11.5 Å². The molecule has 0 saturated heterocycles. The molecule has 102 valence electrons. The molecule has 0 aromatic heterocycles. The molecule has 4 heteroatoms. The lowest BCUT2D eigenvalue weighted by Crippen LogP contribution is -2.22. The summed E-state index contributed by atoms with van der Waals surface area (Å²) in [7, 11) is 0. The van der Waals surface area contributed by atoms with Gasteiger partial charge in [0.1, 0.15) is 18.1 Å². The monoisotopic (exact) mass is 272 g/mol. The molecule has 1 aliphatic heterocycles. The van der Waals surface area contributed by atoms with Gasteiger partial charge in [-0.05, 0) is 17.7 Å². The van der Waals surface area contributed by atoms with Crippen LogP contribution in [-0.2, 0) is 6.61 Å². The summed E-state index contributed by atoms with van der Waals surface area (Å²) in [5, 5.41) is 0. The molecule has 0 fully saturated rings. The quantitative estimate of drug-likeness (QED) is 0.857. The van der Waals surface area contributed by atoms with Gasteiger partial charge >= 0.3 is 0 Å². The molecule has 0 bridgehead atoms. The number of carbonyl (C=O) groups is 1. The molecule has 1 heterocycles. The van der Waals surface area contributed by atoms with Crippen LogP contribution in [0.1, 0.15) is 22.3 Å². The van der Waals surface area contributed by atoms with Crippen LogP contribution in [0.2, 0.25) is 0 Å². The standard InChI is InChI=1S/C16H13FO3/c17-16-9-14(18)13-7-6-12(8-15(13)20-16)19-10-11-4-2-1-3-5-11/h1-8,16H,9-10H2. The van der Waals surface area contributed by atoms with Crippen molar-refractivity contribution in [3.05, 3.63) is 59.7 Å². The lowest BCUT2D eigenvalue weighted by atomic mass is 10.0. The molecule has 0 N–H and O–H groups in total. The number of carbonyl (C=O) groups excluding carboxylic acids is 1. The van der Waals surface area contributed by atoms with Crippen molar-refractivity contribution < 1.29 is 18.7 Å². The molecule has 3 rings (SSSR count). The number of hydrogen-bond acceptors (Lipinski definition) is 3. The van der Waals surface area contributed by atoms with Gasteiger partial charge in [-0.25, -0.2) is 4.39 Å². The Morgan fingerprint density at radius 1 is 1.20 bits per heavy atom. The van der Waals surface area contributed by atoms with Gasteiger partial charge in [0.25, 0.3) is 0 Å². The number of fused-ring (bicyclic) bond motifs is 1. The molecule has 0 amide bonds. The van der Waals surface area contributed by atoms with E-state index in [0.29, 0.717) is 17.9 Å². The van der Waals surface area contributed by atoms with Crippen LogP contribution in [0.5, 0.6) is 11.5 Å². The number of rotatable bonds is 3. The van der Waals surface area contributed by atoms with Crippen LogP contribution in [0.3, 0.4) is 0 Å². The van der Waals surface area contributed by atoms with Crippen LogP contribution in [0, 0.1) is 0 Å². The number of benzene rings is 2. The molecule has 2 aromatic rings. The van der Waals surface area contributed by atoms with Crippen LogP contribution in [0.15, 0.2) is 48.5 Å². The van der Waals surface area contributed by atoms with Gasteiger partial charge in [0.15, 0.2) is 5.78 Å². The van der Waals surface area contributed by atoms with E-state index in [1.807, 2.05) is 30.3 Å². The first-order valence-corrected chi connectivity index (χ1v) is 6.37. The van der Waals surface area contributed by atoms with Gasteiger partial charge in [-0.15, -0.1) is 0 Å². The van der Waals surface area contributed by atoms with Crippen LogP contribution in [0.4, 0.5) is 4.39 Å². The molecule has 20 heavy (non-hydrogen) atoms. The lowest BCUT2D eigenvalue weighted by Gasteiger charge is -2.20. The summed E-state index contributed by atoms with van der Waals surface area (Å²) in [4.78, 5) is 11.6. The first-order valence-electron chi connectivity index (χ1n) is 6.37. The Morgan fingerprint density at radius 3 is 2.80 bits per heavy atom. The van der Waals surface area contributed by atoms with Crippen LogP contribution in [-0.4, -0.2) is 12.1 Å². The lowest BCUT2D eigenvalue weighted by molar-refractivity contribution is 0.0418. The largest absolute Gasteiger partial charge is 0.489 e. The van der Waals surface area contributed by atoms with Crippen molar-refractivity contribution in [1.82, 2.24) is 0 Å². The van der Waals surface area contributed by atoms with E-state index < -0.39 is 6.36 Å². The number of Topliss-reactive ketones (excluding diaryl/α,β-unsaturated/α-hetero) is 1. The minimum atomic E-state index is -1.57. The van der Waals surface area contributed by atoms with Gasteiger partial charge in [-0.3, -0.25) is 4.79 Å². The Kier molecular flexibility index (Phi) is 3.37. The Hall–Kier alpha value is -2.36. The second-order valence-electron chi connectivity index (χ2n) is 4.59. The molecule has 2 aromatic carbocycles. The smallest absolute Gasteiger partial charge is 0.245 e. The summed E-state index contributed by atoms with van der Waals surface area (Å²) in [5.41, 5.74) is 1.44. The van der Waals surface area contributed by atoms with Gasteiger partial charge in [-0.2, -0.15) is 0 Å². The van der Waals surface area contributed by atoms with E-state index in [4.69, 9.17) is 9.47 Å². The minimum absolute atomic E-state index is 0.225. The third-order valence-electron chi connectivity index (χ3n) is 3.10. The number of alkyl halides is 1. The van der Waals surface area contributed by atoms with E-state index >= 15 is 0 Å². The first kappa shape index (κ1) is 12.7. The zero-order valence-electron chi connectivity index (χ0n) is 10.7. The van der Waals surface area contributed by atoms with Crippen molar-refractivity contribution >= 4 is 5.78 Å². The highest BCUT2D eigenvalue weighted by atomic mass is 19.1. The van der Waals surface area contributed by atoms with Crippen molar-refractivity contribution in [2.75, 3.05) is 0 Å². The predicted molar refractivity (Wildman–Crippen MR) is 71.7 cm³/mol. The first-order chi connectivity index (χ1) is 9.72. The molecule has 1 unspecified atom stereocenters. The molecule has 0 aliphatic carbocycles. The van der Waals surface area contributed by atoms with Gasteiger partial charge in [0.05, 0.1) is 12.0 Å². The second-order valence-corrected chi connectivity index (χ2v) is 4.59.